The zero-order valence-corrected chi connectivity index (χ0v) is 18.0. The molecule has 0 spiro atoms. The van der Waals surface area contributed by atoms with Crippen molar-refractivity contribution >= 4 is 17.8 Å². The van der Waals surface area contributed by atoms with Crippen molar-refractivity contribution in [1.29, 1.82) is 0 Å². The van der Waals surface area contributed by atoms with Crippen molar-refractivity contribution in [3.8, 4) is 11.1 Å². The number of hydrogen-bond donors (Lipinski definition) is 1. The van der Waals surface area contributed by atoms with Crippen molar-refractivity contribution in [2.75, 3.05) is 58.3 Å². The number of benzene rings is 1. The molecule has 0 saturated carbocycles. The van der Waals surface area contributed by atoms with Crippen LogP contribution in [0.25, 0.3) is 11.1 Å². The normalized spacial score (nSPS) is 19.0. The van der Waals surface area contributed by atoms with Crippen LogP contribution in [0.5, 0.6) is 0 Å². The average Bonchev–Trinajstić information content (AvgIpc) is 2.72. The fourth-order valence-electron chi connectivity index (χ4n) is 3.78. The molecule has 0 bridgehead atoms. The van der Waals surface area contributed by atoms with Gasteiger partial charge in [0.2, 0.25) is 17.8 Å². The lowest BCUT2D eigenvalue weighted by atomic mass is 9.99. The summed E-state index contributed by atoms with van der Waals surface area (Å²) in [6.45, 7) is 3.87. The SMILES string of the molecule is CN(C)c1ncc(-c2cccc(C(N)=O)c2)c(C2CN(CC(=O)N3CCC3)CCO2)n1. The Morgan fingerprint density at radius 2 is 2.06 bits per heavy atom. The Morgan fingerprint density at radius 3 is 2.74 bits per heavy atom. The molecule has 2 aliphatic rings. The second kappa shape index (κ2) is 8.99. The molecule has 3 heterocycles. The van der Waals surface area contributed by atoms with Crippen molar-refractivity contribution in [2.24, 2.45) is 5.73 Å². The molecule has 2 fully saturated rings. The molecule has 9 heteroatoms. The van der Waals surface area contributed by atoms with Gasteiger partial charge in [0, 0.05) is 57.6 Å². The van der Waals surface area contributed by atoms with E-state index in [1.807, 2.05) is 30.0 Å². The number of rotatable bonds is 6. The predicted octanol–water partition coefficient (Wildman–Crippen LogP) is 0.914. The molecule has 0 aliphatic carbocycles. The predicted molar refractivity (Wildman–Crippen MR) is 117 cm³/mol. The molecular weight excluding hydrogens is 396 g/mol. The molecule has 2 saturated heterocycles. The fourth-order valence-corrected chi connectivity index (χ4v) is 3.78. The molecular formula is C22H28N6O3. The third-order valence-electron chi connectivity index (χ3n) is 5.69. The first-order valence-corrected chi connectivity index (χ1v) is 10.5. The van der Waals surface area contributed by atoms with Gasteiger partial charge in [-0.05, 0) is 24.1 Å². The second-order valence-corrected chi connectivity index (χ2v) is 8.14. The van der Waals surface area contributed by atoms with E-state index in [2.05, 4.69) is 9.88 Å². The van der Waals surface area contributed by atoms with Crippen LogP contribution in [-0.4, -0.2) is 85.0 Å². The minimum Gasteiger partial charge on any atom is -0.369 e. The van der Waals surface area contributed by atoms with Crippen LogP contribution >= 0.6 is 0 Å². The van der Waals surface area contributed by atoms with Crippen molar-refractivity contribution in [1.82, 2.24) is 19.8 Å². The molecule has 1 aromatic heterocycles. The molecule has 9 nitrogen and oxygen atoms in total. The molecule has 1 unspecified atom stereocenters. The van der Waals surface area contributed by atoms with Crippen LogP contribution in [0.2, 0.25) is 0 Å². The number of aromatic nitrogens is 2. The maximum Gasteiger partial charge on any atom is 0.248 e. The largest absolute Gasteiger partial charge is 0.369 e. The van der Waals surface area contributed by atoms with E-state index >= 15 is 0 Å². The Kier molecular flexibility index (Phi) is 6.15. The van der Waals surface area contributed by atoms with Crippen LogP contribution in [-0.2, 0) is 9.53 Å². The number of carbonyl (C=O) groups excluding carboxylic acids is 2. The quantitative estimate of drug-likeness (QED) is 0.735. The number of morpholine rings is 1. The molecule has 2 aliphatic heterocycles. The third-order valence-corrected chi connectivity index (χ3v) is 5.69. The smallest absolute Gasteiger partial charge is 0.248 e. The maximum absolute atomic E-state index is 12.4. The minimum absolute atomic E-state index is 0.165. The van der Waals surface area contributed by atoms with Crippen LogP contribution in [0, 0.1) is 0 Å². The Labute approximate surface area is 181 Å². The van der Waals surface area contributed by atoms with Gasteiger partial charge in [0.1, 0.15) is 6.10 Å². The van der Waals surface area contributed by atoms with Crippen LogP contribution in [0.1, 0.15) is 28.6 Å². The summed E-state index contributed by atoms with van der Waals surface area (Å²) in [6, 6.07) is 7.12. The molecule has 1 atom stereocenters. The zero-order chi connectivity index (χ0) is 22.0. The summed E-state index contributed by atoms with van der Waals surface area (Å²) < 4.78 is 6.08. The molecule has 0 radical (unpaired) electrons. The van der Waals surface area contributed by atoms with E-state index in [1.54, 1.807) is 24.4 Å². The van der Waals surface area contributed by atoms with Crippen LogP contribution in [0.15, 0.2) is 30.5 Å². The number of likely N-dealkylation sites (tertiary alicyclic amines) is 1. The molecule has 4 rings (SSSR count). The summed E-state index contributed by atoms with van der Waals surface area (Å²) in [5.41, 5.74) is 8.21. The second-order valence-electron chi connectivity index (χ2n) is 8.14. The highest BCUT2D eigenvalue weighted by molar-refractivity contribution is 5.94. The first-order valence-electron chi connectivity index (χ1n) is 10.5. The standard InChI is InChI=1S/C22H28N6O3/c1-26(2)22-24-12-17(15-5-3-6-16(11-15)21(23)30)20(25-22)18-13-27(9-10-31-18)14-19(29)28-7-4-8-28/h3,5-6,11-12,18H,4,7-10,13-14H2,1-2H3,(H2,23,30). The van der Waals surface area contributed by atoms with Crippen molar-refractivity contribution in [2.45, 2.75) is 12.5 Å². The Balaban J connectivity index is 1.63. The van der Waals surface area contributed by atoms with E-state index in [0.29, 0.717) is 37.8 Å². The third kappa shape index (κ3) is 4.67. The van der Waals surface area contributed by atoms with E-state index in [1.165, 1.54) is 0 Å². The molecule has 31 heavy (non-hydrogen) atoms. The van der Waals surface area contributed by atoms with Crippen molar-refractivity contribution < 1.29 is 14.3 Å². The minimum atomic E-state index is -0.487. The van der Waals surface area contributed by atoms with Gasteiger partial charge in [0.15, 0.2) is 0 Å². The van der Waals surface area contributed by atoms with Crippen molar-refractivity contribution in [3.05, 3.63) is 41.7 Å². The van der Waals surface area contributed by atoms with E-state index < -0.39 is 5.91 Å². The van der Waals surface area contributed by atoms with Crippen LogP contribution < -0.4 is 10.6 Å². The molecule has 164 valence electrons. The van der Waals surface area contributed by atoms with E-state index in [0.717, 1.165) is 36.3 Å². The topological polar surface area (TPSA) is 105 Å². The monoisotopic (exact) mass is 424 g/mol. The highest BCUT2D eigenvalue weighted by atomic mass is 16.5. The van der Waals surface area contributed by atoms with Crippen LogP contribution in [0.4, 0.5) is 5.95 Å². The highest BCUT2D eigenvalue weighted by Crippen LogP contribution is 2.32. The summed E-state index contributed by atoms with van der Waals surface area (Å²) in [5, 5.41) is 0. The van der Waals surface area contributed by atoms with Gasteiger partial charge in [-0.2, -0.15) is 0 Å². The highest BCUT2D eigenvalue weighted by Gasteiger charge is 2.30. The zero-order valence-electron chi connectivity index (χ0n) is 18.0. The lowest BCUT2D eigenvalue weighted by molar-refractivity contribution is -0.137. The number of ether oxygens (including phenoxy) is 1. The number of primary amides is 1. The molecule has 2 aromatic rings. The number of amides is 2. The number of nitrogens with two attached hydrogens (primary N) is 1. The van der Waals surface area contributed by atoms with Gasteiger partial charge >= 0.3 is 0 Å². The Hall–Kier alpha value is -3.04. The summed E-state index contributed by atoms with van der Waals surface area (Å²) in [7, 11) is 3.76. The van der Waals surface area contributed by atoms with Gasteiger partial charge in [-0.3, -0.25) is 14.5 Å². The van der Waals surface area contributed by atoms with Gasteiger partial charge in [0.25, 0.3) is 0 Å². The van der Waals surface area contributed by atoms with Gasteiger partial charge < -0.3 is 20.3 Å². The number of anilines is 1. The van der Waals surface area contributed by atoms with Gasteiger partial charge in [-0.1, -0.05) is 12.1 Å². The molecule has 1 aromatic carbocycles. The number of carbonyl (C=O) groups is 2. The lowest BCUT2D eigenvalue weighted by Gasteiger charge is -2.36. The van der Waals surface area contributed by atoms with Crippen LogP contribution in [0.3, 0.4) is 0 Å². The Bertz CT molecular complexity index is 975. The van der Waals surface area contributed by atoms with Gasteiger partial charge in [-0.25, -0.2) is 9.97 Å². The Morgan fingerprint density at radius 1 is 1.26 bits per heavy atom. The summed E-state index contributed by atoms with van der Waals surface area (Å²) in [5.74, 6) is 0.249. The average molecular weight is 425 g/mol. The van der Waals surface area contributed by atoms with E-state index in [-0.39, 0.29) is 12.0 Å². The van der Waals surface area contributed by atoms with Crippen molar-refractivity contribution in [3.63, 3.8) is 0 Å². The summed E-state index contributed by atoms with van der Waals surface area (Å²) in [6.07, 6.45) is 2.52. The first kappa shape index (κ1) is 21.2. The lowest BCUT2D eigenvalue weighted by Crippen LogP contribution is -2.49. The molecule has 2 amide bonds. The van der Waals surface area contributed by atoms with E-state index in [9.17, 15) is 9.59 Å². The first-order chi connectivity index (χ1) is 14.9. The summed E-state index contributed by atoms with van der Waals surface area (Å²) in [4.78, 5) is 39.2. The number of hydrogen-bond acceptors (Lipinski definition) is 7. The fraction of sp³-hybridized carbons (Fsp3) is 0.455. The van der Waals surface area contributed by atoms with Gasteiger partial charge in [0.05, 0.1) is 18.8 Å². The van der Waals surface area contributed by atoms with Gasteiger partial charge in [-0.15, -0.1) is 0 Å². The maximum atomic E-state index is 12.4. The number of nitrogens with zero attached hydrogens (tertiary/aromatic N) is 5. The summed E-state index contributed by atoms with van der Waals surface area (Å²) >= 11 is 0. The molecule has 2 N–H and O–H groups in total. The van der Waals surface area contributed by atoms with E-state index in [4.69, 9.17) is 15.5 Å².